The van der Waals surface area contributed by atoms with Crippen molar-refractivity contribution in [1.29, 1.82) is 0 Å². The number of carbonyl (C=O) groups excluding carboxylic acids is 2. The van der Waals surface area contributed by atoms with E-state index in [9.17, 15) is 9.59 Å². The van der Waals surface area contributed by atoms with Crippen molar-refractivity contribution in [3.8, 4) is 11.5 Å². The Balaban J connectivity index is 2.06. The van der Waals surface area contributed by atoms with Gasteiger partial charge in [0.25, 0.3) is 11.8 Å². The highest BCUT2D eigenvalue weighted by Crippen LogP contribution is 2.28. The first-order valence-corrected chi connectivity index (χ1v) is 9.12. The smallest absolute Gasteiger partial charge is 0.269 e. The number of carbonyl (C=O) groups is 2. The molecule has 0 atom stereocenters. The van der Waals surface area contributed by atoms with Gasteiger partial charge >= 0.3 is 0 Å². The van der Waals surface area contributed by atoms with Crippen molar-refractivity contribution in [2.24, 2.45) is 0 Å². The summed E-state index contributed by atoms with van der Waals surface area (Å²) in [7, 11) is 0. The molecule has 0 saturated carbocycles. The van der Waals surface area contributed by atoms with E-state index < -0.39 is 5.91 Å². The summed E-state index contributed by atoms with van der Waals surface area (Å²) in [5.41, 5.74) is 6.58. The Kier molecular flexibility index (Phi) is 7.67. The highest BCUT2D eigenvalue weighted by molar-refractivity contribution is 6.00. The molecule has 2 amide bonds. The molecule has 0 aromatic heterocycles. The maximum Gasteiger partial charge on any atom is 0.269 e. The lowest BCUT2D eigenvalue weighted by Crippen LogP contribution is -2.41. The SMILES string of the molecule is CCCOc1ccc(C(=O)NNC(=O)c2ccccc2C)cc1OCCC. The van der Waals surface area contributed by atoms with Crippen molar-refractivity contribution < 1.29 is 19.1 Å². The fraction of sp³-hybridized carbons (Fsp3) is 0.333. The van der Waals surface area contributed by atoms with Crippen LogP contribution in [0.2, 0.25) is 0 Å². The van der Waals surface area contributed by atoms with E-state index >= 15 is 0 Å². The summed E-state index contributed by atoms with van der Waals surface area (Å²) in [6.45, 7) is 6.96. The first-order valence-electron chi connectivity index (χ1n) is 9.12. The molecule has 0 saturated heterocycles. The highest BCUT2D eigenvalue weighted by Gasteiger charge is 2.14. The largest absolute Gasteiger partial charge is 0.490 e. The van der Waals surface area contributed by atoms with Crippen LogP contribution in [0.1, 0.15) is 53.0 Å². The van der Waals surface area contributed by atoms with Crippen LogP contribution in [0.4, 0.5) is 0 Å². The molecule has 0 bridgehead atoms. The Morgan fingerprint density at radius 3 is 2.15 bits per heavy atom. The van der Waals surface area contributed by atoms with Gasteiger partial charge in [0.15, 0.2) is 11.5 Å². The normalized spacial score (nSPS) is 10.2. The molecule has 0 aliphatic rings. The van der Waals surface area contributed by atoms with Gasteiger partial charge in [-0.2, -0.15) is 0 Å². The molecule has 144 valence electrons. The molecule has 0 spiro atoms. The van der Waals surface area contributed by atoms with E-state index in [-0.39, 0.29) is 5.91 Å². The van der Waals surface area contributed by atoms with Crippen molar-refractivity contribution >= 4 is 11.8 Å². The van der Waals surface area contributed by atoms with Crippen molar-refractivity contribution in [2.45, 2.75) is 33.6 Å². The van der Waals surface area contributed by atoms with Crippen LogP contribution in [-0.2, 0) is 0 Å². The summed E-state index contributed by atoms with van der Waals surface area (Å²) in [6, 6.07) is 12.1. The van der Waals surface area contributed by atoms with Crippen LogP contribution >= 0.6 is 0 Å². The van der Waals surface area contributed by atoms with Crippen LogP contribution in [0.25, 0.3) is 0 Å². The van der Waals surface area contributed by atoms with Crippen LogP contribution in [0.3, 0.4) is 0 Å². The monoisotopic (exact) mass is 370 g/mol. The number of rotatable bonds is 8. The molecule has 6 heteroatoms. The zero-order valence-electron chi connectivity index (χ0n) is 16.0. The summed E-state index contributed by atoms with van der Waals surface area (Å²) in [6.07, 6.45) is 1.72. The van der Waals surface area contributed by atoms with Gasteiger partial charge in [-0.3, -0.25) is 20.4 Å². The third-order valence-corrected chi connectivity index (χ3v) is 3.81. The van der Waals surface area contributed by atoms with E-state index in [2.05, 4.69) is 10.9 Å². The number of amides is 2. The van der Waals surface area contributed by atoms with Crippen LogP contribution in [0, 0.1) is 6.92 Å². The Morgan fingerprint density at radius 2 is 1.48 bits per heavy atom. The van der Waals surface area contributed by atoms with Crippen molar-refractivity contribution in [2.75, 3.05) is 13.2 Å². The third-order valence-electron chi connectivity index (χ3n) is 3.81. The molecule has 0 fully saturated rings. The summed E-state index contributed by atoms with van der Waals surface area (Å²) in [5.74, 6) is 0.320. The average Bonchev–Trinajstić information content (AvgIpc) is 2.69. The van der Waals surface area contributed by atoms with Gasteiger partial charge in [0.05, 0.1) is 13.2 Å². The van der Waals surface area contributed by atoms with Gasteiger partial charge in [0, 0.05) is 11.1 Å². The molecule has 2 aromatic carbocycles. The minimum absolute atomic E-state index is 0.369. The molecular weight excluding hydrogens is 344 g/mol. The third kappa shape index (κ3) is 5.74. The predicted octanol–water partition coefficient (Wildman–Crippen LogP) is 3.65. The minimum atomic E-state index is -0.430. The molecular formula is C21H26N2O4. The van der Waals surface area contributed by atoms with Crippen molar-refractivity contribution in [3.63, 3.8) is 0 Å². The predicted molar refractivity (Wildman–Crippen MR) is 104 cm³/mol. The lowest BCUT2D eigenvalue weighted by molar-refractivity contribution is 0.0846. The van der Waals surface area contributed by atoms with Crippen LogP contribution < -0.4 is 20.3 Å². The Hall–Kier alpha value is -3.02. The molecule has 2 rings (SSSR count). The van der Waals surface area contributed by atoms with E-state index in [0.29, 0.717) is 35.8 Å². The molecule has 2 aromatic rings. The first-order chi connectivity index (χ1) is 13.1. The lowest BCUT2D eigenvalue weighted by atomic mass is 10.1. The molecule has 2 N–H and O–H groups in total. The number of hydrogen-bond donors (Lipinski definition) is 2. The van der Waals surface area contributed by atoms with Gasteiger partial charge in [0.1, 0.15) is 0 Å². The second-order valence-electron chi connectivity index (χ2n) is 6.08. The summed E-state index contributed by atoms with van der Waals surface area (Å²) in [4.78, 5) is 24.6. The van der Waals surface area contributed by atoms with Crippen LogP contribution in [0.5, 0.6) is 11.5 Å². The molecule has 0 unspecified atom stereocenters. The van der Waals surface area contributed by atoms with E-state index in [1.54, 1.807) is 30.3 Å². The Labute approximate surface area is 159 Å². The minimum Gasteiger partial charge on any atom is -0.490 e. The number of nitrogens with one attached hydrogen (secondary N) is 2. The van der Waals surface area contributed by atoms with E-state index in [0.717, 1.165) is 18.4 Å². The molecule has 6 nitrogen and oxygen atoms in total. The number of aryl methyl sites for hydroxylation is 1. The second kappa shape index (κ2) is 10.2. The van der Waals surface area contributed by atoms with Gasteiger partial charge in [0.2, 0.25) is 0 Å². The highest BCUT2D eigenvalue weighted by atomic mass is 16.5. The van der Waals surface area contributed by atoms with Gasteiger partial charge in [-0.15, -0.1) is 0 Å². The molecule has 27 heavy (non-hydrogen) atoms. The molecule has 0 heterocycles. The first kappa shape index (κ1) is 20.3. The fourth-order valence-corrected chi connectivity index (χ4v) is 2.39. The zero-order chi connectivity index (χ0) is 19.6. The molecule has 0 radical (unpaired) electrons. The van der Waals surface area contributed by atoms with Gasteiger partial charge < -0.3 is 9.47 Å². The average molecular weight is 370 g/mol. The zero-order valence-corrected chi connectivity index (χ0v) is 16.0. The van der Waals surface area contributed by atoms with Gasteiger partial charge in [-0.1, -0.05) is 32.0 Å². The molecule has 0 aliphatic heterocycles. The maximum absolute atomic E-state index is 12.4. The van der Waals surface area contributed by atoms with E-state index in [1.807, 2.05) is 32.9 Å². The summed E-state index contributed by atoms with van der Waals surface area (Å²) >= 11 is 0. The van der Waals surface area contributed by atoms with Crippen LogP contribution in [-0.4, -0.2) is 25.0 Å². The Morgan fingerprint density at radius 1 is 0.852 bits per heavy atom. The van der Waals surface area contributed by atoms with E-state index in [1.165, 1.54) is 0 Å². The Bertz CT molecular complexity index is 790. The van der Waals surface area contributed by atoms with Crippen molar-refractivity contribution in [3.05, 3.63) is 59.2 Å². The van der Waals surface area contributed by atoms with Gasteiger partial charge in [-0.05, 0) is 49.6 Å². The van der Waals surface area contributed by atoms with Crippen LogP contribution in [0.15, 0.2) is 42.5 Å². The number of benzene rings is 2. The lowest BCUT2D eigenvalue weighted by Gasteiger charge is -2.14. The standard InChI is InChI=1S/C21H26N2O4/c1-4-12-26-18-11-10-16(14-19(18)27-13-5-2)20(24)22-23-21(25)17-9-7-6-8-15(17)3/h6-11,14H,4-5,12-13H2,1-3H3,(H,22,24)(H,23,25). The quantitative estimate of drug-likeness (QED) is 0.696. The topological polar surface area (TPSA) is 76.7 Å². The fourth-order valence-electron chi connectivity index (χ4n) is 2.39. The second-order valence-corrected chi connectivity index (χ2v) is 6.08. The van der Waals surface area contributed by atoms with Crippen molar-refractivity contribution in [1.82, 2.24) is 10.9 Å². The number of hydrogen-bond acceptors (Lipinski definition) is 4. The number of ether oxygens (including phenoxy) is 2. The van der Waals surface area contributed by atoms with E-state index in [4.69, 9.17) is 9.47 Å². The summed E-state index contributed by atoms with van der Waals surface area (Å²) in [5, 5.41) is 0. The molecule has 0 aliphatic carbocycles. The van der Waals surface area contributed by atoms with Gasteiger partial charge in [-0.25, -0.2) is 0 Å². The maximum atomic E-state index is 12.4. The summed E-state index contributed by atoms with van der Waals surface area (Å²) < 4.78 is 11.4. The number of hydrazine groups is 1.